The Morgan fingerprint density at radius 2 is 1.70 bits per heavy atom. The first-order chi connectivity index (χ1) is 17.6. The summed E-state index contributed by atoms with van der Waals surface area (Å²) in [5.41, 5.74) is 8.84. The average Bonchev–Trinajstić information content (AvgIpc) is 3.31. The summed E-state index contributed by atoms with van der Waals surface area (Å²) in [6.45, 7) is 3.66. The fraction of sp³-hybridized carbons (Fsp3) is 0.107. The Morgan fingerprint density at radius 1 is 0.946 bits per heavy atom. The number of carbonyl (C=O) groups excluding carboxylic acids is 1. The molecule has 0 fully saturated rings. The molecule has 1 amide bonds. The molecule has 0 radical (unpaired) electrons. The van der Waals surface area contributed by atoms with E-state index in [0.717, 1.165) is 39.6 Å². The SMILES string of the molecule is Cc1cn(-c2cc(C(=O)Nc3ccc(C)c(-c4cnc(N)c5ccccc45)c3)cc(C(F)(F)F)c2)cn1. The van der Waals surface area contributed by atoms with Crippen molar-refractivity contribution in [1.29, 1.82) is 0 Å². The van der Waals surface area contributed by atoms with Crippen LogP contribution in [0.5, 0.6) is 0 Å². The van der Waals surface area contributed by atoms with Gasteiger partial charge in [-0.15, -0.1) is 0 Å². The summed E-state index contributed by atoms with van der Waals surface area (Å²) in [5.74, 6) is -0.255. The molecule has 0 aliphatic carbocycles. The number of nitrogens with two attached hydrogens (primary N) is 1. The van der Waals surface area contributed by atoms with Crippen molar-refractivity contribution in [3.8, 4) is 16.8 Å². The topological polar surface area (TPSA) is 85.8 Å². The Balaban J connectivity index is 1.53. The van der Waals surface area contributed by atoms with E-state index >= 15 is 0 Å². The highest BCUT2D eigenvalue weighted by molar-refractivity contribution is 6.06. The van der Waals surface area contributed by atoms with Crippen LogP contribution in [0.4, 0.5) is 24.7 Å². The van der Waals surface area contributed by atoms with Crippen LogP contribution in [-0.4, -0.2) is 20.4 Å². The lowest BCUT2D eigenvalue weighted by Crippen LogP contribution is -2.15. The summed E-state index contributed by atoms with van der Waals surface area (Å²) < 4.78 is 42.3. The second kappa shape index (κ2) is 9.09. The molecule has 2 heterocycles. The third kappa shape index (κ3) is 4.75. The van der Waals surface area contributed by atoms with Crippen molar-refractivity contribution < 1.29 is 18.0 Å². The summed E-state index contributed by atoms with van der Waals surface area (Å²) in [6, 6.07) is 16.2. The van der Waals surface area contributed by atoms with Gasteiger partial charge >= 0.3 is 6.18 Å². The smallest absolute Gasteiger partial charge is 0.383 e. The number of rotatable bonds is 4. The Hall–Kier alpha value is -4.66. The van der Waals surface area contributed by atoms with Crippen molar-refractivity contribution in [2.45, 2.75) is 20.0 Å². The highest BCUT2D eigenvalue weighted by Gasteiger charge is 2.32. The van der Waals surface area contributed by atoms with Crippen LogP contribution in [0.25, 0.3) is 27.6 Å². The largest absolute Gasteiger partial charge is 0.416 e. The minimum absolute atomic E-state index is 0.127. The number of hydrogen-bond donors (Lipinski definition) is 2. The monoisotopic (exact) mass is 501 g/mol. The molecule has 0 aliphatic heterocycles. The molecule has 3 N–H and O–H groups in total. The maximum Gasteiger partial charge on any atom is 0.416 e. The Morgan fingerprint density at radius 3 is 2.41 bits per heavy atom. The zero-order valence-electron chi connectivity index (χ0n) is 20.0. The molecule has 0 unspecified atom stereocenters. The zero-order valence-corrected chi connectivity index (χ0v) is 20.0. The van der Waals surface area contributed by atoms with Crippen molar-refractivity contribution in [3.63, 3.8) is 0 Å². The average molecular weight is 502 g/mol. The van der Waals surface area contributed by atoms with Gasteiger partial charge in [0.2, 0.25) is 0 Å². The van der Waals surface area contributed by atoms with Crippen LogP contribution in [0.1, 0.15) is 27.2 Å². The second-order valence-electron chi connectivity index (χ2n) is 8.78. The second-order valence-corrected chi connectivity index (χ2v) is 8.78. The van der Waals surface area contributed by atoms with Crippen molar-refractivity contribution >= 4 is 28.2 Å². The van der Waals surface area contributed by atoms with Gasteiger partial charge in [-0.05, 0) is 60.7 Å². The fourth-order valence-electron chi connectivity index (χ4n) is 4.24. The van der Waals surface area contributed by atoms with Crippen molar-refractivity contribution in [2.24, 2.45) is 0 Å². The maximum atomic E-state index is 13.6. The van der Waals surface area contributed by atoms with E-state index in [-0.39, 0.29) is 11.3 Å². The molecule has 5 aromatic rings. The molecule has 186 valence electrons. The summed E-state index contributed by atoms with van der Waals surface area (Å²) in [4.78, 5) is 21.5. The molecule has 2 aromatic heterocycles. The number of aromatic nitrogens is 3. The van der Waals surface area contributed by atoms with E-state index in [1.165, 1.54) is 17.0 Å². The van der Waals surface area contributed by atoms with Crippen LogP contribution in [0, 0.1) is 13.8 Å². The van der Waals surface area contributed by atoms with Gasteiger partial charge in [-0.1, -0.05) is 30.3 Å². The highest BCUT2D eigenvalue weighted by Crippen LogP contribution is 2.35. The van der Waals surface area contributed by atoms with Gasteiger partial charge in [-0.3, -0.25) is 4.79 Å². The number of pyridine rings is 1. The first-order valence-corrected chi connectivity index (χ1v) is 11.4. The van der Waals surface area contributed by atoms with Crippen molar-refractivity contribution in [1.82, 2.24) is 14.5 Å². The van der Waals surface area contributed by atoms with Gasteiger partial charge in [0.1, 0.15) is 5.82 Å². The first kappa shape index (κ1) is 24.1. The Labute approximate surface area is 210 Å². The molecule has 6 nitrogen and oxygen atoms in total. The Kier molecular flexibility index (Phi) is 5.91. The quantitative estimate of drug-likeness (QED) is 0.292. The Bertz CT molecular complexity index is 1660. The van der Waals surface area contributed by atoms with E-state index in [0.29, 0.717) is 17.2 Å². The molecule has 0 aliphatic rings. The van der Waals surface area contributed by atoms with Gasteiger partial charge in [-0.25, -0.2) is 9.97 Å². The summed E-state index contributed by atoms with van der Waals surface area (Å²) >= 11 is 0. The van der Waals surface area contributed by atoms with E-state index < -0.39 is 17.6 Å². The predicted octanol–water partition coefficient (Wildman–Crippen LogP) is 6.56. The van der Waals surface area contributed by atoms with Crippen LogP contribution >= 0.6 is 0 Å². The van der Waals surface area contributed by atoms with Gasteiger partial charge in [0.05, 0.1) is 17.6 Å². The lowest BCUT2D eigenvalue weighted by Gasteiger charge is -2.15. The molecular formula is C28H22F3N5O. The standard InChI is InChI=1S/C28H22F3N5O/c1-16-7-8-20(12-24(16)25-13-33-26(32)23-6-4-3-5-22(23)25)35-27(37)18-9-19(28(29,30)31)11-21(10-18)36-14-17(2)34-15-36/h3-15H,1-2H3,(H2,32,33)(H,35,37). The van der Waals surface area contributed by atoms with Gasteiger partial charge < -0.3 is 15.6 Å². The number of nitrogens with one attached hydrogen (secondary N) is 1. The number of nitrogen functional groups attached to an aromatic ring is 1. The number of halogens is 3. The third-order valence-corrected chi connectivity index (χ3v) is 6.13. The molecular weight excluding hydrogens is 479 g/mol. The van der Waals surface area contributed by atoms with Crippen molar-refractivity contribution in [3.05, 3.63) is 102 Å². The third-order valence-electron chi connectivity index (χ3n) is 6.13. The van der Waals surface area contributed by atoms with E-state index in [4.69, 9.17) is 5.73 Å². The number of anilines is 2. The first-order valence-electron chi connectivity index (χ1n) is 11.4. The lowest BCUT2D eigenvalue weighted by molar-refractivity contribution is -0.137. The predicted molar refractivity (Wildman–Crippen MR) is 138 cm³/mol. The molecule has 37 heavy (non-hydrogen) atoms. The number of fused-ring (bicyclic) bond motifs is 1. The van der Waals surface area contributed by atoms with Crippen molar-refractivity contribution in [2.75, 3.05) is 11.1 Å². The van der Waals surface area contributed by atoms with Gasteiger partial charge in [-0.2, -0.15) is 13.2 Å². The minimum Gasteiger partial charge on any atom is -0.383 e. The molecule has 0 saturated heterocycles. The van der Waals surface area contributed by atoms with Gasteiger partial charge in [0.25, 0.3) is 5.91 Å². The van der Waals surface area contributed by atoms with E-state index in [9.17, 15) is 18.0 Å². The van der Waals surface area contributed by atoms with Crippen LogP contribution < -0.4 is 11.1 Å². The summed E-state index contributed by atoms with van der Waals surface area (Å²) in [5, 5.41) is 4.45. The highest BCUT2D eigenvalue weighted by atomic mass is 19.4. The van der Waals surface area contributed by atoms with E-state index in [1.807, 2.05) is 37.3 Å². The van der Waals surface area contributed by atoms with E-state index in [1.54, 1.807) is 31.5 Å². The normalized spacial score (nSPS) is 11.6. The van der Waals surface area contributed by atoms with Crippen LogP contribution in [0.2, 0.25) is 0 Å². The molecule has 0 bridgehead atoms. The number of alkyl halides is 3. The van der Waals surface area contributed by atoms with Crippen LogP contribution in [0.15, 0.2) is 79.4 Å². The molecule has 3 aromatic carbocycles. The number of amides is 1. The van der Waals surface area contributed by atoms with Gasteiger partial charge in [0.15, 0.2) is 0 Å². The molecule has 0 atom stereocenters. The molecule has 0 saturated carbocycles. The fourth-order valence-corrected chi connectivity index (χ4v) is 4.24. The minimum atomic E-state index is -4.62. The molecule has 9 heteroatoms. The molecule has 5 rings (SSSR count). The number of carbonyl (C=O) groups is 1. The zero-order chi connectivity index (χ0) is 26.3. The maximum absolute atomic E-state index is 13.6. The van der Waals surface area contributed by atoms with Gasteiger partial charge in [0, 0.05) is 40.3 Å². The van der Waals surface area contributed by atoms with Crippen LogP contribution in [-0.2, 0) is 6.18 Å². The lowest BCUT2D eigenvalue weighted by atomic mass is 9.96. The number of hydrogen-bond acceptors (Lipinski definition) is 4. The summed E-state index contributed by atoms with van der Waals surface area (Å²) in [6.07, 6.45) is 0.0524. The number of aryl methyl sites for hydroxylation is 2. The molecule has 0 spiro atoms. The number of nitrogens with zero attached hydrogens (tertiary/aromatic N) is 3. The number of benzene rings is 3. The number of imidazole rings is 1. The van der Waals surface area contributed by atoms with E-state index in [2.05, 4.69) is 15.3 Å². The summed E-state index contributed by atoms with van der Waals surface area (Å²) in [7, 11) is 0. The van der Waals surface area contributed by atoms with Crippen LogP contribution in [0.3, 0.4) is 0 Å².